The molecule has 2 atom stereocenters. The van der Waals surface area contributed by atoms with Crippen molar-refractivity contribution in [3.05, 3.63) is 10.6 Å². The van der Waals surface area contributed by atoms with Gasteiger partial charge in [-0.05, 0) is 31.6 Å². The van der Waals surface area contributed by atoms with Gasteiger partial charge in [0.2, 0.25) is 0 Å². The minimum absolute atomic E-state index is 0.159. The Morgan fingerprint density at radius 1 is 1.56 bits per heavy atom. The van der Waals surface area contributed by atoms with E-state index < -0.39 is 0 Å². The third kappa shape index (κ3) is 2.54. The summed E-state index contributed by atoms with van der Waals surface area (Å²) in [7, 11) is 2.09. The van der Waals surface area contributed by atoms with Crippen LogP contribution >= 0.6 is 11.3 Å². The fourth-order valence-electron chi connectivity index (χ4n) is 2.49. The minimum atomic E-state index is -0.333. The van der Waals surface area contributed by atoms with Gasteiger partial charge in [0.1, 0.15) is 0 Å². The summed E-state index contributed by atoms with van der Waals surface area (Å²) in [5.74, 6) is 0. The van der Waals surface area contributed by atoms with Gasteiger partial charge in [0, 0.05) is 13.1 Å². The van der Waals surface area contributed by atoms with E-state index in [0.717, 1.165) is 35.0 Å². The van der Waals surface area contributed by atoms with E-state index in [0.29, 0.717) is 6.04 Å². The van der Waals surface area contributed by atoms with Gasteiger partial charge in [0.25, 0.3) is 0 Å². The van der Waals surface area contributed by atoms with Gasteiger partial charge in [-0.1, -0.05) is 32.1 Å². The molecule has 1 heterocycles. The number of thiazole rings is 1. The summed E-state index contributed by atoms with van der Waals surface area (Å²) >= 11 is 1.66. The average molecular weight is 268 g/mol. The predicted molar refractivity (Wildman–Crippen MR) is 77.3 cm³/mol. The number of anilines is 1. The Kier molecular flexibility index (Phi) is 3.70. The lowest BCUT2D eigenvalue weighted by Gasteiger charge is -2.31. The second kappa shape index (κ2) is 4.82. The van der Waals surface area contributed by atoms with Crippen LogP contribution in [0.25, 0.3) is 0 Å². The van der Waals surface area contributed by atoms with E-state index in [1.807, 2.05) is 0 Å². The normalized spacial score (nSPS) is 23.6. The van der Waals surface area contributed by atoms with Crippen molar-refractivity contribution in [3.8, 4) is 0 Å². The van der Waals surface area contributed by atoms with Crippen molar-refractivity contribution in [2.24, 2.45) is 5.41 Å². The highest BCUT2D eigenvalue weighted by Gasteiger charge is 2.34. The summed E-state index contributed by atoms with van der Waals surface area (Å²) < 4.78 is 0. The van der Waals surface area contributed by atoms with E-state index in [1.54, 1.807) is 11.3 Å². The molecule has 0 aromatic carbocycles. The standard InChI is InChI=1S/C14H24N2OS/c1-6-9(2)16(5)13-15-10-7-14(3,4)8-11(17)12(10)18-13/h9,11,17H,6-8H2,1-5H3. The molecule has 2 unspecified atom stereocenters. The predicted octanol–water partition coefficient (Wildman–Crippen LogP) is 3.38. The number of hydrogen-bond acceptors (Lipinski definition) is 4. The smallest absolute Gasteiger partial charge is 0.185 e. The van der Waals surface area contributed by atoms with Crippen molar-refractivity contribution in [2.75, 3.05) is 11.9 Å². The van der Waals surface area contributed by atoms with Crippen molar-refractivity contribution in [3.63, 3.8) is 0 Å². The van der Waals surface area contributed by atoms with Crippen molar-refractivity contribution in [1.82, 2.24) is 4.98 Å². The molecule has 1 aromatic heterocycles. The van der Waals surface area contributed by atoms with Gasteiger partial charge < -0.3 is 10.0 Å². The number of aromatic nitrogens is 1. The molecule has 0 aliphatic heterocycles. The molecule has 18 heavy (non-hydrogen) atoms. The minimum Gasteiger partial charge on any atom is -0.387 e. The average Bonchev–Trinajstić information content (AvgIpc) is 2.69. The summed E-state index contributed by atoms with van der Waals surface area (Å²) in [6, 6.07) is 0.489. The second-order valence-corrected chi connectivity index (χ2v) is 7.25. The van der Waals surface area contributed by atoms with E-state index in [9.17, 15) is 5.11 Å². The van der Waals surface area contributed by atoms with Crippen LogP contribution in [0.1, 0.15) is 57.2 Å². The number of aliphatic hydroxyl groups excluding tert-OH is 1. The van der Waals surface area contributed by atoms with Crippen LogP contribution in [0.3, 0.4) is 0 Å². The van der Waals surface area contributed by atoms with Gasteiger partial charge in [-0.3, -0.25) is 0 Å². The van der Waals surface area contributed by atoms with Gasteiger partial charge in [-0.2, -0.15) is 0 Å². The maximum absolute atomic E-state index is 10.2. The molecule has 0 bridgehead atoms. The van der Waals surface area contributed by atoms with E-state index in [-0.39, 0.29) is 11.5 Å². The lowest BCUT2D eigenvalue weighted by Crippen LogP contribution is -2.28. The summed E-state index contributed by atoms with van der Waals surface area (Å²) in [6.07, 6.45) is 2.59. The first kappa shape index (κ1) is 13.8. The molecule has 1 aliphatic rings. The molecule has 0 radical (unpaired) electrons. The first-order chi connectivity index (χ1) is 8.34. The van der Waals surface area contributed by atoms with Crippen LogP contribution in [0, 0.1) is 5.41 Å². The highest BCUT2D eigenvalue weighted by Crippen LogP contribution is 2.44. The molecule has 3 nitrogen and oxygen atoms in total. The summed E-state index contributed by atoms with van der Waals surface area (Å²) in [4.78, 5) is 8.06. The zero-order valence-electron chi connectivity index (χ0n) is 12.0. The fourth-order valence-corrected chi connectivity index (χ4v) is 3.62. The maximum Gasteiger partial charge on any atom is 0.185 e. The van der Waals surface area contributed by atoms with Gasteiger partial charge in [-0.15, -0.1) is 0 Å². The highest BCUT2D eigenvalue weighted by molar-refractivity contribution is 7.15. The lowest BCUT2D eigenvalue weighted by atomic mass is 9.77. The molecule has 2 rings (SSSR count). The Morgan fingerprint density at radius 3 is 2.83 bits per heavy atom. The largest absolute Gasteiger partial charge is 0.387 e. The molecule has 1 aliphatic carbocycles. The fraction of sp³-hybridized carbons (Fsp3) is 0.786. The van der Waals surface area contributed by atoms with Gasteiger partial charge in [0.05, 0.1) is 16.7 Å². The maximum atomic E-state index is 10.2. The molecule has 0 fully saturated rings. The van der Waals surface area contributed by atoms with Crippen LogP contribution in [0.2, 0.25) is 0 Å². The number of rotatable bonds is 3. The SMILES string of the molecule is CCC(C)N(C)c1nc2c(s1)C(O)CC(C)(C)C2. The summed E-state index contributed by atoms with van der Waals surface area (Å²) in [5, 5.41) is 11.3. The first-order valence-electron chi connectivity index (χ1n) is 6.74. The van der Waals surface area contributed by atoms with Crippen LogP contribution in [0.4, 0.5) is 5.13 Å². The van der Waals surface area contributed by atoms with Crippen LogP contribution in [0.5, 0.6) is 0 Å². The molecule has 0 saturated carbocycles. The van der Waals surface area contributed by atoms with E-state index >= 15 is 0 Å². The molecule has 0 saturated heterocycles. The number of hydrogen-bond donors (Lipinski definition) is 1. The van der Waals surface area contributed by atoms with Crippen molar-refractivity contribution in [1.29, 1.82) is 0 Å². The molecule has 0 amide bonds. The third-order valence-electron chi connectivity index (χ3n) is 3.96. The zero-order chi connectivity index (χ0) is 13.5. The first-order valence-corrected chi connectivity index (χ1v) is 7.56. The molecule has 102 valence electrons. The topological polar surface area (TPSA) is 36.4 Å². The lowest BCUT2D eigenvalue weighted by molar-refractivity contribution is 0.102. The van der Waals surface area contributed by atoms with Gasteiger partial charge in [0.15, 0.2) is 5.13 Å². The summed E-state index contributed by atoms with van der Waals surface area (Å²) in [5.41, 5.74) is 1.26. The zero-order valence-corrected chi connectivity index (χ0v) is 12.8. The van der Waals surface area contributed by atoms with Gasteiger partial charge >= 0.3 is 0 Å². The molecule has 4 heteroatoms. The third-order valence-corrected chi connectivity index (χ3v) is 5.25. The van der Waals surface area contributed by atoms with Crippen LogP contribution in [-0.4, -0.2) is 23.2 Å². The number of nitrogens with zero attached hydrogens (tertiary/aromatic N) is 2. The Labute approximate surface area is 114 Å². The monoisotopic (exact) mass is 268 g/mol. The van der Waals surface area contributed by atoms with Crippen LogP contribution in [0.15, 0.2) is 0 Å². The van der Waals surface area contributed by atoms with Crippen molar-refractivity contribution < 1.29 is 5.11 Å². The Morgan fingerprint density at radius 2 is 2.22 bits per heavy atom. The number of aliphatic hydroxyl groups is 1. The molecule has 1 aromatic rings. The Balaban J connectivity index is 2.29. The molecular weight excluding hydrogens is 244 g/mol. The van der Waals surface area contributed by atoms with Crippen LogP contribution < -0.4 is 4.90 Å². The van der Waals surface area contributed by atoms with Crippen molar-refractivity contribution in [2.45, 2.75) is 59.1 Å². The van der Waals surface area contributed by atoms with Crippen molar-refractivity contribution >= 4 is 16.5 Å². The molecule has 1 N–H and O–H groups in total. The van der Waals surface area contributed by atoms with Gasteiger partial charge in [-0.25, -0.2) is 4.98 Å². The van der Waals surface area contributed by atoms with E-state index in [4.69, 9.17) is 4.98 Å². The Hall–Kier alpha value is -0.610. The summed E-state index contributed by atoms with van der Waals surface area (Å²) in [6.45, 7) is 8.81. The quantitative estimate of drug-likeness (QED) is 0.913. The molecular formula is C14H24N2OS. The Bertz CT molecular complexity index is 427. The number of fused-ring (bicyclic) bond motifs is 1. The highest BCUT2D eigenvalue weighted by atomic mass is 32.1. The molecule has 0 spiro atoms. The van der Waals surface area contributed by atoms with Crippen LogP contribution in [-0.2, 0) is 6.42 Å². The van der Waals surface area contributed by atoms with E-state index in [1.165, 1.54) is 0 Å². The second-order valence-electron chi connectivity index (χ2n) is 6.24. The van der Waals surface area contributed by atoms with E-state index in [2.05, 4.69) is 39.6 Å².